The van der Waals surface area contributed by atoms with E-state index in [1.807, 2.05) is 13.8 Å². The number of aromatic nitrogens is 2. The summed E-state index contributed by atoms with van der Waals surface area (Å²) < 4.78 is 0. The second-order valence-corrected chi connectivity index (χ2v) is 4.92. The molecule has 0 saturated carbocycles. The molecule has 1 saturated heterocycles. The highest BCUT2D eigenvalue weighted by molar-refractivity contribution is 5.96. The van der Waals surface area contributed by atoms with Gasteiger partial charge in [0, 0.05) is 26.2 Å². The van der Waals surface area contributed by atoms with Gasteiger partial charge >= 0.3 is 0 Å². The summed E-state index contributed by atoms with van der Waals surface area (Å²) in [6.07, 6.45) is 0. The van der Waals surface area contributed by atoms with Crippen molar-refractivity contribution >= 4 is 11.7 Å². The van der Waals surface area contributed by atoms with E-state index in [1.54, 1.807) is 6.92 Å². The van der Waals surface area contributed by atoms with Crippen molar-refractivity contribution in [1.82, 2.24) is 14.9 Å². The minimum atomic E-state index is 0.0370. The summed E-state index contributed by atoms with van der Waals surface area (Å²) in [5.41, 5.74) is 2.22. The van der Waals surface area contributed by atoms with E-state index in [2.05, 4.69) is 26.8 Å². The van der Waals surface area contributed by atoms with Crippen LogP contribution >= 0.6 is 0 Å². The van der Waals surface area contributed by atoms with Crippen molar-refractivity contribution in [1.29, 1.82) is 0 Å². The molecule has 1 aliphatic heterocycles. The van der Waals surface area contributed by atoms with E-state index in [0.29, 0.717) is 5.56 Å². The molecule has 0 N–H and O–H groups in total. The maximum absolute atomic E-state index is 11.5. The molecule has 0 bridgehead atoms. The molecule has 18 heavy (non-hydrogen) atoms. The first-order valence-corrected chi connectivity index (χ1v) is 6.28. The molecule has 2 heterocycles. The van der Waals surface area contributed by atoms with E-state index in [0.717, 1.165) is 43.5 Å². The normalized spacial score (nSPS) is 17.0. The third-order valence-corrected chi connectivity index (χ3v) is 3.40. The molecule has 1 aromatic rings. The van der Waals surface area contributed by atoms with Gasteiger partial charge in [0.2, 0.25) is 5.95 Å². The van der Waals surface area contributed by atoms with Crippen LogP contribution < -0.4 is 4.90 Å². The molecule has 0 radical (unpaired) electrons. The van der Waals surface area contributed by atoms with Gasteiger partial charge in [0.05, 0.1) is 17.0 Å². The summed E-state index contributed by atoms with van der Waals surface area (Å²) >= 11 is 0. The van der Waals surface area contributed by atoms with Crippen molar-refractivity contribution in [3.63, 3.8) is 0 Å². The van der Waals surface area contributed by atoms with Gasteiger partial charge in [-0.05, 0) is 27.8 Å². The lowest BCUT2D eigenvalue weighted by Crippen LogP contribution is -2.45. The minimum absolute atomic E-state index is 0.0370. The quantitative estimate of drug-likeness (QED) is 0.732. The molecule has 1 aliphatic rings. The molecule has 0 amide bonds. The fourth-order valence-electron chi connectivity index (χ4n) is 2.36. The van der Waals surface area contributed by atoms with Gasteiger partial charge in [-0.3, -0.25) is 4.79 Å². The van der Waals surface area contributed by atoms with E-state index in [9.17, 15) is 4.79 Å². The summed E-state index contributed by atoms with van der Waals surface area (Å²) in [5.74, 6) is 0.790. The summed E-state index contributed by atoms with van der Waals surface area (Å²) in [7, 11) is 2.12. The number of carbonyl (C=O) groups is 1. The summed E-state index contributed by atoms with van der Waals surface area (Å²) in [4.78, 5) is 25.0. The number of hydrogen-bond acceptors (Lipinski definition) is 5. The number of carbonyl (C=O) groups excluding carboxylic acids is 1. The Morgan fingerprint density at radius 1 is 1.06 bits per heavy atom. The number of hydrogen-bond donors (Lipinski definition) is 0. The van der Waals surface area contributed by atoms with E-state index >= 15 is 0 Å². The smallest absolute Gasteiger partial charge is 0.225 e. The standard InChI is InChI=1S/C13H20N4O/c1-9-12(11(3)18)10(2)15-13(14-9)17-7-5-16(4)6-8-17/h5-8H2,1-4H3. The fraction of sp³-hybridized carbons (Fsp3) is 0.615. The van der Waals surface area contributed by atoms with Crippen molar-refractivity contribution in [3.05, 3.63) is 17.0 Å². The first-order chi connectivity index (χ1) is 8.49. The number of anilines is 1. The molecule has 2 rings (SSSR count). The van der Waals surface area contributed by atoms with Crippen LogP contribution in [0.4, 0.5) is 5.95 Å². The Bertz CT molecular complexity index is 441. The minimum Gasteiger partial charge on any atom is -0.338 e. The van der Waals surface area contributed by atoms with Crippen LogP contribution in [0.3, 0.4) is 0 Å². The third kappa shape index (κ3) is 2.51. The second-order valence-electron chi connectivity index (χ2n) is 4.92. The largest absolute Gasteiger partial charge is 0.338 e. The van der Waals surface area contributed by atoms with Crippen molar-refractivity contribution in [2.45, 2.75) is 20.8 Å². The van der Waals surface area contributed by atoms with Gasteiger partial charge in [-0.15, -0.1) is 0 Å². The summed E-state index contributed by atoms with van der Waals surface area (Å²) in [6, 6.07) is 0. The topological polar surface area (TPSA) is 49.3 Å². The van der Waals surface area contributed by atoms with E-state index < -0.39 is 0 Å². The Kier molecular flexibility index (Phi) is 3.61. The summed E-state index contributed by atoms with van der Waals surface area (Å²) in [5, 5.41) is 0. The lowest BCUT2D eigenvalue weighted by atomic mass is 10.1. The van der Waals surface area contributed by atoms with Gasteiger partial charge in [0.25, 0.3) is 0 Å². The third-order valence-electron chi connectivity index (χ3n) is 3.40. The highest BCUT2D eigenvalue weighted by Gasteiger charge is 2.19. The van der Waals surface area contributed by atoms with E-state index in [-0.39, 0.29) is 5.78 Å². The van der Waals surface area contributed by atoms with Crippen molar-refractivity contribution in [2.24, 2.45) is 0 Å². The molecular weight excluding hydrogens is 228 g/mol. The SMILES string of the molecule is CC(=O)c1c(C)nc(N2CCN(C)CC2)nc1C. The molecule has 5 nitrogen and oxygen atoms in total. The molecule has 0 spiro atoms. The van der Waals surface area contributed by atoms with Crippen molar-refractivity contribution in [2.75, 3.05) is 38.1 Å². The Morgan fingerprint density at radius 3 is 2.00 bits per heavy atom. The van der Waals surface area contributed by atoms with Gasteiger partial charge in [-0.25, -0.2) is 9.97 Å². The molecule has 1 fully saturated rings. The maximum Gasteiger partial charge on any atom is 0.225 e. The Balaban J connectivity index is 2.28. The average Bonchev–Trinajstić information content (AvgIpc) is 2.28. The monoisotopic (exact) mass is 248 g/mol. The van der Waals surface area contributed by atoms with Gasteiger partial charge in [-0.1, -0.05) is 0 Å². The van der Waals surface area contributed by atoms with Crippen LogP contribution in [0, 0.1) is 13.8 Å². The van der Waals surface area contributed by atoms with Gasteiger partial charge in [0.1, 0.15) is 0 Å². The van der Waals surface area contributed by atoms with Crippen LogP contribution in [0.2, 0.25) is 0 Å². The van der Waals surface area contributed by atoms with Crippen LogP contribution in [-0.2, 0) is 0 Å². The molecule has 98 valence electrons. The zero-order chi connectivity index (χ0) is 13.3. The highest BCUT2D eigenvalue weighted by Crippen LogP contribution is 2.17. The molecule has 1 aromatic heterocycles. The molecule has 0 aliphatic carbocycles. The van der Waals surface area contributed by atoms with Crippen molar-refractivity contribution in [3.8, 4) is 0 Å². The lowest BCUT2D eigenvalue weighted by Gasteiger charge is -2.32. The Morgan fingerprint density at radius 2 is 1.56 bits per heavy atom. The predicted molar refractivity (Wildman–Crippen MR) is 71.2 cm³/mol. The zero-order valence-electron chi connectivity index (χ0n) is 11.5. The van der Waals surface area contributed by atoms with Crippen LogP contribution in [0.15, 0.2) is 0 Å². The van der Waals surface area contributed by atoms with E-state index in [4.69, 9.17) is 0 Å². The highest BCUT2D eigenvalue weighted by atomic mass is 16.1. The average molecular weight is 248 g/mol. The Labute approximate surface area is 108 Å². The van der Waals surface area contributed by atoms with Crippen LogP contribution in [0.25, 0.3) is 0 Å². The molecule has 0 unspecified atom stereocenters. The lowest BCUT2D eigenvalue weighted by molar-refractivity contribution is 0.101. The Hall–Kier alpha value is -1.49. The van der Waals surface area contributed by atoms with E-state index in [1.165, 1.54) is 0 Å². The maximum atomic E-state index is 11.5. The van der Waals surface area contributed by atoms with Gasteiger partial charge in [0.15, 0.2) is 5.78 Å². The first kappa shape index (κ1) is 13.0. The second kappa shape index (κ2) is 5.02. The number of Topliss-reactive ketones (excluding diaryl/α,β-unsaturated/α-hetero) is 1. The number of piperazine rings is 1. The summed E-state index contributed by atoms with van der Waals surface area (Å²) in [6.45, 7) is 9.25. The molecule has 0 aromatic carbocycles. The van der Waals surface area contributed by atoms with Gasteiger partial charge in [-0.2, -0.15) is 0 Å². The zero-order valence-corrected chi connectivity index (χ0v) is 11.5. The van der Waals surface area contributed by atoms with Crippen LogP contribution in [-0.4, -0.2) is 53.9 Å². The van der Waals surface area contributed by atoms with Crippen LogP contribution in [0.1, 0.15) is 28.7 Å². The predicted octanol–water partition coefficient (Wildman–Crippen LogP) is 1.05. The first-order valence-electron chi connectivity index (χ1n) is 6.28. The number of nitrogens with zero attached hydrogens (tertiary/aromatic N) is 4. The molecule has 0 atom stereocenters. The fourth-order valence-corrected chi connectivity index (χ4v) is 2.36. The van der Waals surface area contributed by atoms with Crippen LogP contribution in [0.5, 0.6) is 0 Å². The van der Waals surface area contributed by atoms with Crippen molar-refractivity contribution < 1.29 is 4.79 Å². The van der Waals surface area contributed by atoms with Gasteiger partial charge < -0.3 is 9.80 Å². The number of ketones is 1. The molecular formula is C13H20N4O. The number of aryl methyl sites for hydroxylation is 2. The molecule has 5 heteroatoms. The number of likely N-dealkylation sites (N-methyl/N-ethyl adjacent to an activating group) is 1. The number of rotatable bonds is 2.